The van der Waals surface area contributed by atoms with Crippen molar-refractivity contribution < 1.29 is 17.5 Å². The number of ether oxygens (including phenoxy) is 1. The fourth-order valence-corrected chi connectivity index (χ4v) is 2.55. The molecule has 6 heteroatoms. The van der Waals surface area contributed by atoms with Crippen LogP contribution in [0.15, 0.2) is 53.4 Å². The number of benzene rings is 2. The largest absolute Gasteiger partial charge is 0.497 e. The summed E-state index contributed by atoms with van der Waals surface area (Å²) in [4.78, 5) is 0.109. The Labute approximate surface area is 110 Å². The van der Waals surface area contributed by atoms with E-state index in [1.54, 1.807) is 12.1 Å². The van der Waals surface area contributed by atoms with E-state index < -0.39 is 15.8 Å². The molecule has 0 aliphatic rings. The summed E-state index contributed by atoms with van der Waals surface area (Å²) < 4.78 is 44.1. The molecule has 0 aromatic heterocycles. The van der Waals surface area contributed by atoms with Crippen molar-refractivity contribution in [3.05, 3.63) is 54.3 Å². The number of halogens is 1. The van der Waals surface area contributed by atoms with Gasteiger partial charge in [-0.15, -0.1) is 0 Å². The Morgan fingerprint density at radius 2 is 1.58 bits per heavy atom. The summed E-state index contributed by atoms with van der Waals surface area (Å²) in [7, 11) is -2.18. The fraction of sp³-hybridized carbons (Fsp3) is 0.0769. The lowest BCUT2D eigenvalue weighted by Crippen LogP contribution is -2.12. The van der Waals surface area contributed by atoms with E-state index >= 15 is 0 Å². The molecule has 0 fully saturated rings. The quantitative estimate of drug-likeness (QED) is 0.937. The zero-order chi connectivity index (χ0) is 13.9. The van der Waals surface area contributed by atoms with Crippen LogP contribution in [0.2, 0.25) is 0 Å². The number of anilines is 1. The summed E-state index contributed by atoms with van der Waals surface area (Å²) in [6.45, 7) is 0. The van der Waals surface area contributed by atoms with Crippen molar-refractivity contribution in [1.29, 1.82) is 0 Å². The molecule has 0 saturated carbocycles. The van der Waals surface area contributed by atoms with Gasteiger partial charge < -0.3 is 4.74 Å². The van der Waals surface area contributed by atoms with Gasteiger partial charge in [0.25, 0.3) is 10.0 Å². The van der Waals surface area contributed by atoms with Crippen molar-refractivity contribution >= 4 is 15.7 Å². The lowest BCUT2D eigenvalue weighted by atomic mass is 10.3. The van der Waals surface area contributed by atoms with Gasteiger partial charge in [-0.1, -0.05) is 0 Å². The van der Waals surface area contributed by atoms with Gasteiger partial charge in [0.2, 0.25) is 0 Å². The Kier molecular flexibility index (Phi) is 3.71. The minimum Gasteiger partial charge on any atom is -0.497 e. The SMILES string of the molecule is COc1ccc(S(=O)(=O)Nc2ccc(F)cc2)cc1. The van der Waals surface area contributed by atoms with Crippen molar-refractivity contribution in [2.75, 3.05) is 11.8 Å². The molecule has 4 nitrogen and oxygen atoms in total. The van der Waals surface area contributed by atoms with E-state index in [0.29, 0.717) is 11.4 Å². The molecule has 19 heavy (non-hydrogen) atoms. The van der Waals surface area contributed by atoms with Crippen LogP contribution in [0.25, 0.3) is 0 Å². The molecule has 2 aromatic rings. The third kappa shape index (κ3) is 3.23. The van der Waals surface area contributed by atoms with E-state index in [1.165, 1.54) is 43.5 Å². The van der Waals surface area contributed by atoms with Crippen LogP contribution in [0.1, 0.15) is 0 Å². The highest BCUT2D eigenvalue weighted by Gasteiger charge is 2.13. The van der Waals surface area contributed by atoms with E-state index in [1.807, 2.05) is 0 Å². The summed E-state index contributed by atoms with van der Waals surface area (Å²) in [5.41, 5.74) is 0.303. The van der Waals surface area contributed by atoms with Gasteiger partial charge in [-0.2, -0.15) is 0 Å². The van der Waals surface area contributed by atoms with E-state index in [9.17, 15) is 12.8 Å². The van der Waals surface area contributed by atoms with Gasteiger partial charge in [0, 0.05) is 5.69 Å². The molecule has 0 heterocycles. The van der Waals surface area contributed by atoms with E-state index in [4.69, 9.17) is 4.74 Å². The zero-order valence-corrected chi connectivity index (χ0v) is 10.9. The van der Waals surface area contributed by atoms with Gasteiger partial charge in [-0.25, -0.2) is 12.8 Å². The molecule has 2 rings (SSSR count). The smallest absolute Gasteiger partial charge is 0.261 e. The summed E-state index contributed by atoms with van der Waals surface area (Å²) in [6.07, 6.45) is 0. The number of hydrogen-bond donors (Lipinski definition) is 1. The third-order valence-corrected chi connectivity index (χ3v) is 3.86. The predicted molar refractivity (Wildman–Crippen MR) is 70.2 cm³/mol. The highest BCUT2D eigenvalue weighted by atomic mass is 32.2. The second-order valence-corrected chi connectivity index (χ2v) is 5.47. The summed E-state index contributed by atoms with van der Waals surface area (Å²) in [6, 6.07) is 11.1. The molecular weight excluding hydrogens is 269 g/mol. The molecule has 0 unspecified atom stereocenters. The minimum absolute atomic E-state index is 0.109. The summed E-state index contributed by atoms with van der Waals surface area (Å²) in [5.74, 6) is 0.146. The standard InChI is InChI=1S/C13H12FNO3S/c1-18-12-6-8-13(9-7-12)19(16,17)15-11-4-2-10(14)3-5-11/h2-9,15H,1H3. The average molecular weight is 281 g/mol. The van der Waals surface area contributed by atoms with Crippen LogP contribution in [-0.4, -0.2) is 15.5 Å². The van der Waals surface area contributed by atoms with Crippen LogP contribution < -0.4 is 9.46 Å². The first-order valence-corrected chi connectivity index (χ1v) is 6.92. The van der Waals surface area contributed by atoms with Gasteiger partial charge in [0.15, 0.2) is 0 Å². The predicted octanol–water partition coefficient (Wildman–Crippen LogP) is 2.64. The first-order valence-electron chi connectivity index (χ1n) is 5.44. The van der Waals surface area contributed by atoms with Crippen LogP contribution in [0.5, 0.6) is 5.75 Å². The minimum atomic E-state index is -3.68. The van der Waals surface area contributed by atoms with Crippen LogP contribution in [0.4, 0.5) is 10.1 Å². The van der Waals surface area contributed by atoms with Gasteiger partial charge in [0.05, 0.1) is 12.0 Å². The highest BCUT2D eigenvalue weighted by Crippen LogP contribution is 2.19. The molecule has 0 radical (unpaired) electrons. The zero-order valence-electron chi connectivity index (χ0n) is 10.1. The monoisotopic (exact) mass is 281 g/mol. The number of rotatable bonds is 4. The Morgan fingerprint density at radius 1 is 1.00 bits per heavy atom. The summed E-state index contributed by atoms with van der Waals surface area (Å²) in [5, 5.41) is 0. The molecule has 0 amide bonds. The van der Waals surface area contributed by atoms with E-state index in [0.717, 1.165) is 0 Å². The Balaban J connectivity index is 2.24. The van der Waals surface area contributed by atoms with E-state index in [2.05, 4.69) is 4.72 Å². The lowest BCUT2D eigenvalue weighted by Gasteiger charge is -2.08. The van der Waals surface area contributed by atoms with Crippen LogP contribution in [-0.2, 0) is 10.0 Å². The number of hydrogen-bond acceptors (Lipinski definition) is 3. The lowest BCUT2D eigenvalue weighted by molar-refractivity contribution is 0.414. The topological polar surface area (TPSA) is 55.4 Å². The second kappa shape index (κ2) is 5.27. The third-order valence-electron chi connectivity index (χ3n) is 2.47. The maximum Gasteiger partial charge on any atom is 0.261 e. The maximum atomic E-state index is 12.7. The highest BCUT2D eigenvalue weighted by molar-refractivity contribution is 7.92. The average Bonchev–Trinajstić information content (AvgIpc) is 2.41. The Morgan fingerprint density at radius 3 is 2.11 bits per heavy atom. The first-order chi connectivity index (χ1) is 9.01. The van der Waals surface area contributed by atoms with Crippen LogP contribution in [0.3, 0.4) is 0 Å². The molecule has 1 N–H and O–H groups in total. The molecular formula is C13H12FNO3S. The summed E-state index contributed by atoms with van der Waals surface area (Å²) >= 11 is 0. The molecule has 2 aromatic carbocycles. The molecule has 0 saturated heterocycles. The van der Waals surface area contributed by atoms with Gasteiger partial charge in [-0.05, 0) is 48.5 Å². The normalized spacial score (nSPS) is 11.1. The first kappa shape index (κ1) is 13.4. The Bertz CT molecular complexity index is 651. The van der Waals surface area contributed by atoms with Crippen molar-refractivity contribution in [3.8, 4) is 5.75 Å². The van der Waals surface area contributed by atoms with Crippen molar-refractivity contribution in [2.45, 2.75) is 4.90 Å². The van der Waals surface area contributed by atoms with Gasteiger partial charge in [0.1, 0.15) is 11.6 Å². The molecule has 0 bridgehead atoms. The second-order valence-electron chi connectivity index (χ2n) is 3.79. The number of nitrogens with one attached hydrogen (secondary N) is 1. The number of sulfonamides is 1. The van der Waals surface area contributed by atoms with Crippen molar-refractivity contribution in [1.82, 2.24) is 0 Å². The van der Waals surface area contributed by atoms with Gasteiger partial charge >= 0.3 is 0 Å². The molecule has 0 atom stereocenters. The van der Waals surface area contributed by atoms with Crippen molar-refractivity contribution in [3.63, 3.8) is 0 Å². The van der Waals surface area contributed by atoms with Gasteiger partial charge in [-0.3, -0.25) is 4.72 Å². The molecule has 0 spiro atoms. The van der Waals surface area contributed by atoms with Crippen molar-refractivity contribution in [2.24, 2.45) is 0 Å². The van der Waals surface area contributed by atoms with Crippen LogP contribution >= 0.6 is 0 Å². The molecule has 100 valence electrons. The Hall–Kier alpha value is -2.08. The fourth-order valence-electron chi connectivity index (χ4n) is 1.49. The maximum absolute atomic E-state index is 12.7. The molecule has 0 aliphatic heterocycles. The van der Waals surface area contributed by atoms with Crippen LogP contribution in [0, 0.1) is 5.82 Å². The molecule has 0 aliphatic carbocycles. The number of methoxy groups -OCH3 is 1. The van der Waals surface area contributed by atoms with E-state index in [-0.39, 0.29) is 4.90 Å².